The number of hydrogen-bond donors (Lipinski definition) is 0. The van der Waals surface area contributed by atoms with Gasteiger partial charge in [-0.15, -0.1) is 0 Å². The van der Waals surface area contributed by atoms with Gasteiger partial charge in [0.05, 0.1) is 12.5 Å². The smallest absolute Gasteiger partial charge is 0.314 e. The van der Waals surface area contributed by atoms with Crippen LogP contribution in [0.3, 0.4) is 0 Å². The van der Waals surface area contributed by atoms with E-state index in [-0.39, 0.29) is 11.9 Å². The van der Waals surface area contributed by atoms with E-state index in [4.69, 9.17) is 4.74 Å². The van der Waals surface area contributed by atoms with Crippen molar-refractivity contribution < 1.29 is 9.53 Å². The lowest BCUT2D eigenvalue weighted by atomic mass is 9.77. The topological polar surface area (TPSA) is 29.5 Å². The molecule has 0 spiro atoms. The second-order valence-corrected chi connectivity index (χ2v) is 7.35. The molecule has 0 saturated heterocycles. The summed E-state index contributed by atoms with van der Waals surface area (Å²) in [7, 11) is 0. The predicted molar refractivity (Wildman–Crippen MR) is 101 cm³/mol. The maximum atomic E-state index is 12.8. The SMILES string of the molecule is CCN1CC=C(C2CCCCC2)C(C(=O)OCCc2ccccc2)C1. The molecule has 1 aromatic rings. The van der Waals surface area contributed by atoms with Crippen LogP contribution in [0.25, 0.3) is 0 Å². The van der Waals surface area contributed by atoms with E-state index in [1.54, 1.807) is 0 Å². The Bertz CT molecular complexity index is 575. The van der Waals surface area contributed by atoms with E-state index in [0.717, 1.165) is 26.1 Å². The van der Waals surface area contributed by atoms with Gasteiger partial charge < -0.3 is 4.74 Å². The highest BCUT2D eigenvalue weighted by molar-refractivity contribution is 5.76. The number of rotatable bonds is 6. The third kappa shape index (κ3) is 4.94. The van der Waals surface area contributed by atoms with Crippen molar-refractivity contribution in [2.24, 2.45) is 11.8 Å². The molecule has 0 radical (unpaired) electrons. The fraction of sp³-hybridized carbons (Fsp3) is 0.591. The lowest BCUT2D eigenvalue weighted by Gasteiger charge is -2.36. The van der Waals surface area contributed by atoms with Crippen molar-refractivity contribution in [3.63, 3.8) is 0 Å². The van der Waals surface area contributed by atoms with Crippen molar-refractivity contribution in [3.8, 4) is 0 Å². The van der Waals surface area contributed by atoms with Crippen LogP contribution in [0, 0.1) is 11.8 Å². The summed E-state index contributed by atoms with van der Waals surface area (Å²) < 4.78 is 5.69. The van der Waals surface area contributed by atoms with Gasteiger partial charge in [-0.2, -0.15) is 0 Å². The van der Waals surface area contributed by atoms with Gasteiger partial charge in [0.2, 0.25) is 0 Å². The first-order valence-electron chi connectivity index (χ1n) is 9.90. The Hall–Kier alpha value is -1.61. The summed E-state index contributed by atoms with van der Waals surface area (Å²) in [5.41, 5.74) is 2.59. The van der Waals surface area contributed by atoms with Gasteiger partial charge in [0.1, 0.15) is 0 Å². The van der Waals surface area contributed by atoms with Crippen LogP contribution >= 0.6 is 0 Å². The van der Waals surface area contributed by atoms with Crippen molar-refractivity contribution in [2.75, 3.05) is 26.2 Å². The number of ether oxygens (including phenoxy) is 1. The van der Waals surface area contributed by atoms with Crippen molar-refractivity contribution in [3.05, 3.63) is 47.5 Å². The van der Waals surface area contributed by atoms with E-state index in [1.807, 2.05) is 18.2 Å². The molecule has 0 amide bonds. The molecular weight excluding hydrogens is 310 g/mol. The van der Waals surface area contributed by atoms with E-state index in [9.17, 15) is 4.79 Å². The summed E-state index contributed by atoms with van der Waals surface area (Å²) in [4.78, 5) is 15.2. The molecule has 1 aliphatic heterocycles. The zero-order valence-corrected chi connectivity index (χ0v) is 15.5. The molecule has 25 heavy (non-hydrogen) atoms. The largest absolute Gasteiger partial charge is 0.465 e. The fourth-order valence-corrected chi connectivity index (χ4v) is 4.19. The molecule has 1 heterocycles. The van der Waals surface area contributed by atoms with Gasteiger partial charge in [-0.3, -0.25) is 9.69 Å². The zero-order chi connectivity index (χ0) is 17.5. The van der Waals surface area contributed by atoms with Gasteiger partial charge in [-0.25, -0.2) is 0 Å². The van der Waals surface area contributed by atoms with Gasteiger partial charge >= 0.3 is 5.97 Å². The lowest BCUT2D eigenvalue weighted by molar-refractivity contribution is -0.148. The molecule has 136 valence electrons. The van der Waals surface area contributed by atoms with Crippen molar-refractivity contribution in [2.45, 2.75) is 45.4 Å². The Morgan fingerprint density at radius 1 is 1.16 bits per heavy atom. The van der Waals surface area contributed by atoms with Gasteiger partial charge in [-0.05, 0) is 30.9 Å². The number of nitrogens with zero attached hydrogens (tertiary/aromatic N) is 1. The predicted octanol–water partition coefficient (Wildman–Crippen LogP) is 4.23. The molecule has 3 nitrogen and oxygen atoms in total. The minimum absolute atomic E-state index is 0.0223. The highest BCUT2D eigenvalue weighted by Gasteiger charge is 2.33. The Morgan fingerprint density at radius 3 is 2.64 bits per heavy atom. The number of benzene rings is 1. The van der Waals surface area contributed by atoms with Crippen LogP contribution in [0.5, 0.6) is 0 Å². The van der Waals surface area contributed by atoms with Gasteiger partial charge in [0.15, 0.2) is 0 Å². The van der Waals surface area contributed by atoms with Crippen LogP contribution in [0.15, 0.2) is 42.0 Å². The highest BCUT2D eigenvalue weighted by atomic mass is 16.5. The van der Waals surface area contributed by atoms with Crippen LogP contribution < -0.4 is 0 Å². The monoisotopic (exact) mass is 341 g/mol. The van der Waals surface area contributed by atoms with Crippen molar-refractivity contribution in [1.82, 2.24) is 4.90 Å². The maximum absolute atomic E-state index is 12.8. The number of carbonyl (C=O) groups excluding carboxylic acids is 1. The number of carbonyl (C=O) groups is 1. The lowest BCUT2D eigenvalue weighted by Crippen LogP contribution is -2.41. The van der Waals surface area contributed by atoms with Crippen LogP contribution in [-0.2, 0) is 16.0 Å². The zero-order valence-electron chi connectivity index (χ0n) is 15.5. The molecule has 1 aromatic carbocycles. The maximum Gasteiger partial charge on any atom is 0.314 e. The van der Waals surface area contributed by atoms with E-state index in [1.165, 1.54) is 43.2 Å². The second-order valence-electron chi connectivity index (χ2n) is 7.35. The molecule has 2 aliphatic rings. The molecule has 0 N–H and O–H groups in total. The Balaban J connectivity index is 1.60. The second kappa shape index (κ2) is 9.19. The molecular formula is C22H31NO2. The minimum atomic E-state index is -0.0624. The average Bonchev–Trinajstić information content (AvgIpc) is 2.69. The van der Waals surface area contributed by atoms with Crippen LogP contribution in [-0.4, -0.2) is 37.1 Å². The van der Waals surface area contributed by atoms with Crippen LogP contribution in [0.1, 0.15) is 44.6 Å². The first-order valence-corrected chi connectivity index (χ1v) is 9.90. The van der Waals surface area contributed by atoms with Gasteiger partial charge in [0, 0.05) is 19.5 Å². The molecule has 3 heteroatoms. The van der Waals surface area contributed by atoms with E-state index in [0.29, 0.717) is 12.5 Å². The van der Waals surface area contributed by atoms with Gasteiger partial charge in [-0.1, -0.05) is 68.2 Å². The minimum Gasteiger partial charge on any atom is -0.465 e. The number of likely N-dealkylation sites (N-methyl/N-ethyl adjacent to an activating group) is 1. The van der Waals surface area contributed by atoms with Crippen LogP contribution in [0.2, 0.25) is 0 Å². The van der Waals surface area contributed by atoms with E-state index in [2.05, 4.69) is 30.0 Å². The highest BCUT2D eigenvalue weighted by Crippen LogP contribution is 2.36. The molecule has 0 aromatic heterocycles. The summed E-state index contributed by atoms with van der Waals surface area (Å²) in [5.74, 6) is 0.512. The average molecular weight is 341 g/mol. The third-order valence-corrected chi connectivity index (χ3v) is 5.71. The number of hydrogen-bond acceptors (Lipinski definition) is 3. The first-order chi connectivity index (χ1) is 12.3. The summed E-state index contributed by atoms with van der Waals surface area (Å²) in [6.45, 7) is 5.43. The summed E-state index contributed by atoms with van der Waals surface area (Å²) in [5, 5.41) is 0. The third-order valence-electron chi connectivity index (χ3n) is 5.71. The fourth-order valence-electron chi connectivity index (χ4n) is 4.19. The molecule has 1 aliphatic carbocycles. The summed E-state index contributed by atoms with van der Waals surface area (Å²) in [6, 6.07) is 10.2. The summed E-state index contributed by atoms with van der Waals surface area (Å²) in [6.07, 6.45) is 9.55. The molecule has 1 fully saturated rings. The molecule has 1 atom stereocenters. The van der Waals surface area contributed by atoms with E-state index < -0.39 is 0 Å². The molecule has 1 saturated carbocycles. The molecule has 3 rings (SSSR count). The number of esters is 1. The van der Waals surface area contributed by atoms with Crippen molar-refractivity contribution in [1.29, 1.82) is 0 Å². The first kappa shape index (κ1) is 18.2. The van der Waals surface area contributed by atoms with Crippen LogP contribution in [0.4, 0.5) is 0 Å². The molecule has 0 bridgehead atoms. The normalized spacial score (nSPS) is 22.4. The van der Waals surface area contributed by atoms with Gasteiger partial charge in [0.25, 0.3) is 0 Å². The quantitative estimate of drug-likeness (QED) is 0.573. The molecule has 1 unspecified atom stereocenters. The Morgan fingerprint density at radius 2 is 1.92 bits per heavy atom. The Kier molecular flexibility index (Phi) is 6.69. The van der Waals surface area contributed by atoms with E-state index >= 15 is 0 Å². The van der Waals surface area contributed by atoms with Crippen molar-refractivity contribution >= 4 is 5.97 Å². The standard InChI is InChI=1S/C22H31NO2/c1-2-23-15-13-20(19-11-7-4-8-12-19)21(17-23)22(24)25-16-14-18-9-5-3-6-10-18/h3,5-6,9-10,13,19,21H,2,4,7-8,11-12,14-17H2,1H3. The summed E-state index contributed by atoms with van der Waals surface area (Å²) >= 11 is 0. The Labute approximate surface area is 152 Å².